The molecular weight excluding hydrogens is 182 g/mol. The molecule has 0 aliphatic carbocycles. The number of H-pyrrole nitrogens is 1. The number of rotatable bonds is 0. The van der Waals surface area contributed by atoms with Crippen LogP contribution >= 0.6 is 0 Å². The molecule has 4 heteroatoms. The Morgan fingerprint density at radius 3 is 2.86 bits per heavy atom. The first-order valence-corrected chi connectivity index (χ1v) is 4.26. The minimum atomic E-state index is -0.110. The number of aromatic nitrogens is 1. The van der Waals surface area contributed by atoms with E-state index < -0.39 is 0 Å². The molecule has 0 saturated heterocycles. The number of pyridine rings is 1. The number of nitrogens with one attached hydrogen (secondary N) is 1. The van der Waals surface area contributed by atoms with Gasteiger partial charge < -0.3 is 14.5 Å². The number of hydrogen-bond acceptors (Lipinski definition) is 3. The summed E-state index contributed by atoms with van der Waals surface area (Å²) in [6, 6.07) is 5.35. The van der Waals surface area contributed by atoms with Crippen molar-refractivity contribution in [1.29, 1.82) is 0 Å². The summed E-state index contributed by atoms with van der Waals surface area (Å²) in [4.78, 5) is 14.0. The van der Waals surface area contributed by atoms with Crippen LogP contribution in [0, 0.1) is 0 Å². The van der Waals surface area contributed by atoms with Crippen molar-refractivity contribution in [3.8, 4) is 11.5 Å². The molecule has 0 radical (unpaired) electrons. The monoisotopic (exact) mass is 189 g/mol. The maximum atomic E-state index is 11.4. The van der Waals surface area contributed by atoms with Crippen LogP contribution in [0.3, 0.4) is 0 Å². The predicted octanol–water partition coefficient (Wildman–Crippen LogP) is 1.26. The Morgan fingerprint density at radius 2 is 2.00 bits per heavy atom. The highest BCUT2D eigenvalue weighted by Gasteiger charge is 2.14. The van der Waals surface area contributed by atoms with Crippen LogP contribution in [0.1, 0.15) is 0 Å². The van der Waals surface area contributed by atoms with Crippen molar-refractivity contribution in [2.45, 2.75) is 0 Å². The van der Waals surface area contributed by atoms with Gasteiger partial charge in [0.2, 0.25) is 6.79 Å². The molecule has 1 N–H and O–H groups in total. The van der Waals surface area contributed by atoms with E-state index in [1.807, 2.05) is 12.1 Å². The van der Waals surface area contributed by atoms with Gasteiger partial charge in [-0.1, -0.05) is 0 Å². The standard InChI is InChI=1S/C10H7NO3/c12-10-7-4-9-8(13-5-14-9)3-6(7)1-2-11-10/h1-4H,5H2,(H,11,12). The second-order valence-corrected chi connectivity index (χ2v) is 3.10. The van der Waals surface area contributed by atoms with Crippen LogP contribution in [0.25, 0.3) is 10.8 Å². The Hall–Kier alpha value is -1.97. The van der Waals surface area contributed by atoms with Crippen LogP contribution in [0.2, 0.25) is 0 Å². The van der Waals surface area contributed by atoms with Gasteiger partial charge in [-0.25, -0.2) is 0 Å². The molecular formula is C10H7NO3. The van der Waals surface area contributed by atoms with E-state index in [1.165, 1.54) is 0 Å². The Bertz CT molecular complexity index is 559. The van der Waals surface area contributed by atoms with Gasteiger partial charge in [-0.15, -0.1) is 0 Å². The molecule has 3 rings (SSSR count). The lowest BCUT2D eigenvalue weighted by Crippen LogP contribution is -2.03. The maximum absolute atomic E-state index is 11.4. The van der Waals surface area contributed by atoms with Gasteiger partial charge in [0.25, 0.3) is 5.56 Å². The number of ether oxygens (including phenoxy) is 2. The minimum absolute atomic E-state index is 0.110. The SMILES string of the molecule is O=c1[nH]ccc2cc3c(cc12)OCO3. The third-order valence-electron chi connectivity index (χ3n) is 2.27. The molecule has 0 atom stereocenters. The molecule has 1 aliphatic heterocycles. The molecule has 0 amide bonds. The van der Waals surface area contributed by atoms with E-state index in [2.05, 4.69) is 4.98 Å². The van der Waals surface area contributed by atoms with Gasteiger partial charge in [0, 0.05) is 6.20 Å². The van der Waals surface area contributed by atoms with Gasteiger partial charge in [-0.05, 0) is 23.6 Å². The Labute approximate surface area is 79.1 Å². The zero-order chi connectivity index (χ0) is 9.54. The summed E-state index contributed by atoms with van der Waals surface area (Å²) >= 11 is 0. The Morgan fingerprint density at radius 1 is 1.21 bits per heavy atom. The molecule has 0 unspecified atom stereocenters. The highest BCUT2D eigenvalue weighted by atomic mass is 16.7. The Kier molecular flexibility index (Phi) is 1.33. The van der Waals surface area contributed by atoms with Crippen molar-refractivity contribution in [3.05, 3.63) is 34.7 Å². The third kappa shape index (κ3) is 0.907. The molecule has 0 spiro atoms. The first-order valence-electron chi connectivity index (χ1n) is 4.26. The smallest absolute Gasteiger partial charge is 0.255 e. The van der Waals surface area contributed by atoms with E-state index in [4.69, 9.17) is 9.47 Å². The van der Waals surface area contributed by atoms with Gasteiger partial charge in [-0.3, -0.25) is 4.79 Å². The molecule has 0 fully saturated rings. The van der Waals surface area contributed by atoms with Crippen LogP contribution < -0.4 is 15.0 Å². The Balaban J connectivity index is 2.45. The predicted molar refractivity (Wildman–Crippen MR) is 50.7 cm³/mol. The first kappa shape index (κ1) is 7.44. The maximum Gasteiger partial charge on any atom is 0.255 e. The molecule has 0 saturated carbocycles. The van der Waals surface area contributed by atoms with E-state index in [9.17, 15) is 4.79 Å². The second-order valence-electron chi connectivity index (χ2n) is 3.10. The quantitative estimate of drug-likeness (QED) is 0.678. The van der Waals surface area contributed by atoms with Crippen molar-refractivity contribution in [3.63, 3.8) is 0 Å². The lowest BCUT2D eigenvalue weighted by Gasteiger charge is -1.98. The number of benzene rings is 1. The average molecular weight is 189 g/mol. The van der Waals surface area contributed by atoms with Crippen molar-refractivity contribution in [1.82, 2.24) is 4.98 Å². The molecule has 14 heavy (non-hydrogen) atoms. The summed E-state index contributed by atoms with van der Waals surface area (Å²) in [6.07, 6.45) is 1.62. The van der Waals surface area contributed by atoms with Crippen LogP contribution in [0.15, 0.2) is 29.2 Å². The van der Waals surface area contributed by atoms with Gasteiger partial charge in [0.1, 0.15) is 0 Å². The average Bonchev–Trinajstić information content (AvgIpc) is 2.62. The summed E-state index contributed by atoms with van der Waals surface area (Å²) < 4.78 is 10.4. The van der Waals surface area contributed by atoms with Gasteiger partial charge in [-0.2, -0.15) is 0 Å². The van der Waals surface area contributed by atoms with E-state index >= 15 is 0 Å². The summed E-state index contributed by atoms with van der Waals surface area (Å²) in [5.74, 6) is 1.33. The number of hydrogen-bond donors (Lipinski definition) is 1. The van der Waals surface area contributed by atoms with Crippen LogP contribution in [0.5, 0.6) is 11.5 Å². The van der Waals surface area contributed by atoms with Gasteiger partial charge in [0.05, 0.1) is 5.39 Å². The lowest BCUT2D eigenvalue weighted by molar-refractivity contribution is 0.174. The number of aromatic amines is 1. The van der Waals surface area contributed by atoms with E-state index in [-0.39, 0.29) is 12.4 Å². The van der Waals surface area contributed by atoms with Crippen LogP contribution in [-0.2, 0) is 0 Å². The summed E-state index contributed by atoms with van der Waals surface area (Å²) in [5.41, 5.74) is -0.110. The first-order chi connectivity index (χ1) is 6.84. The van der Waals surface area contributed by atoms with Gasteiger partial charge >= 0.3 is 0 Å². The molecule has 70 valence electrons. The van der Waals surface area contributed by atoms with Crippen molar-refractivity contribution in [2.24, 2.45) is 0 Å². The molecule has 2 heterocycles. The fraction of sp³-hybridized carbons (Fsp3) is 0.100. The molecule has 2 aromatic rings. The second kappa shape index (κ2) is 2.51. The van der Waals surface area contributed by atoms with Crippen LogP contribution in [-0.4, -0.2) is 11.8 Å². The normalized spacial score (nSPS) is 13.4. The van der Waals surface area contributed by atoms with Crippen LogP contribution in [0.4, 0.5) is 0 Å². The third-order valence-corrected chi connectivity index (χ3v) is 2.27. The zero-order valence-corrected chi connectivity index (χ0v) is 7.24. The van der Waals surface area contributed by atoms with E-state index in [0.29, 0.717) is 16.9 Å². The van der Waals surface area contributed by atoms with Crippen molar-refractivity contribution >= 4 is 10.8 Å². The largest absolute Gasteiger partial charge is 0.454 e. The highest BCUT2D eigenvalue weighted by molar-refractivity contribution is 5.85. The van der Waals surface area contributed by atoms with E-state index in [0.717, 1.165) is 5.39 Å². The molecule has 1 aromatic carbocycles. The summed E-state index contributed by atoms with van der Waals surface area (Å²) in [5, 5.41) is 1.48. The van der Waals surface area contributed by atoms with Crippen molar-refractivity contribution < 1.29 is 9.47 Å². The molecule has 1 aromatic heterocycles. The number of fused-ring (bicyclic) bond motifs is 2. The fourth-order valence-corrected chi connectivity index (χ4v) is 1.58. The van der Waals surface area contributed by atoms with Gasteiger partial charge in [0.15, 0.2) is 11.5 Å². The highest BCUT2D eigenvalue weighted by Crippen LogP contribution is 2.34. The summed E-state index contributed by atoms with van der Waals surface area (Å²) in [6.45, 7) is 0.226. The minimum Gasteiger partial charge on any atom is -0.454 e. The van der Waals surface area contributed by atoms with E-state index in [1.54, 1.807) is 12.3 Å². The summed E-state index contributed by atoms with van der Waals surface area (Å²) in [7, 11) is 0. The topological polar surface area (TPSA) is 51.3 Å². The van der Waals surface area contributed by atoms with Crippen molar-refractivity contribution in [2.75, 3.05) is 6.79 Å². The lowest BCUT2D eigenvalue weighted by atomic mass is 10.1. The molecule has 0 bridgehead atoms. The molecule has 1 aliphatic rings. The fourth-order valence-electron chi connectivity index (χ4n) is 1.58. The zero-order valence-electron chi connectivity index (χ0n) is 7.24. The molecule has 4 nitrogen and oxygen atoms in total.